The molecule has 1 aliphatic heterocycles. The number of hydrogen-bond acceptors (Lipinski definition) is 5. The Hall–Kier alpha value is -4.21. The fraction of sp³-hybridized carbons (Fsp3) is 0.231. The number of benzene rings is 2. The van der Waals surface area contributed by atoms with Gasteiger partial charge in [-0.1, -0.05) is 47.6 Å². The molecule has 2 aromatic carbocycles. The van der Waals surface area contributed by atoms with E-state index in [0.717, 1.165) is 11.6 Å². The zero-order chi connectivity index (χ0) is 25.4. The zero-order valence-corrected chi connectivity index (χ0v) is 19.2. The van der Waals surface area contributed by atoms with Gasteiger partial charge in [0, 0.05) is 31.7 Å². The van der Waals surface area contributed by atoms with Gasteiger partial charge in [0.1, 0.15) is 0 Å². The molecule has 2 amide bonds. The van der Waals surface area contributed by atoms with Crippen LogP contribution in [0.2, 0.25) is 0 Å². The Kier molecular flexibility index (Phi) is 5.95. The lowest BCUT2D eigenvalue weighted by atomic mass is 10.0. The highest BCUT2D eigenvalue weighted by Crippen LogP contribution is 2.33. The van der Waals surface area contributed by atoms with Gasteiger partial charge in [0.2, 0.25) is 0 Å². The minimum absolute atomic E-state index is 0.110. The Bertz CT molecular complexity index is 1440. The highest BCUT2D eigenvalue weighted by molar-refractivity contribution is 6.07. The van der Waals surface area contributed by atoms with E-state index in [4.69, 9.17) is 4.52 Å². The summed E-state index contributed by atoms with van der Waals surface area (Å²) >= 11 is 0. The van der Waals surface area contributed by atoms with Crippen LogP contribution in [0.5, 0.6) is 0 Å². The van der Waals surface area contributed by atoms with Crippen molar-refractivity contribution in [2.75, 3.05) is 26.2 Å². The van der Waals surface area contributed by atoms with Crippen molar-refractivity contribution in [2.45, 2.75) is 13.1 Å². The maximum Gasteiger partial charge on any atom is 0.417 e. The number of hydrogen-bond donors (Lipinski definition) is 0. The second-order valence-corrected chi connectivity index (χ2v) is 8.50. The number of fused-ring (bicyclic) bond motifs is 1. The molecule has 0 unspecified atom stereocenters. The second kappa shape index (κ2) is 9.10. The van der Waals surface area contributed by atoms with Crippen molar-refractivity contribution in [3.63, 3.8) is 0 Å². The van der Waals surface area contributed by atoms with Crippen molar-refractivity contribution in [1.82, 2.24) is 19.9 Å². The molecule has 2 aromatic heterocycles. The molecule has 36 heavy (non-hydrogen) atoms. The molecular formula is C26H21F3N4O3. The largest absolute Gasteiger partial charge is 0.417 e. The summed E-state index contributed by atoms with van der Waals surface area (Å²) in [7, 11) is 0. The number of carbonyl (C=O) groups is 2. The molecule has 0 aliphatic carbocycles. The lowest BCUT2D eigenvalue weighted by Gasteiger charge is -2.35. The molecule has 5 rings (SSSR count). The van der Waals surface area contributed by atoms with Crippen LogP contribution >= 0.6 is 0 Å². The number of piperazine rings is 1. The van der Waals surface area contributed by atoms with Crippen LogP contribution in [0.1, 0.15) is 32.0 Å². The maximum absolute atomic E-state index is 13.6. The van der Waals surface area contributed by atoms with Gasteiger partial charge in [0.05, 0.1) is 33.5 Å². The number of halogens is 3. The molecule has 0 radical (unpaired) electrons. The molecule has 7 nitrogen and oxygen atoms in total. The first-order valence-corrected chi connectivity index (χ1v) is 11.3. The SMILES string of the molecule is Cc1noc2nc(-c3ccccc3)cc(C(=O)N3CCN(C(=O)c4ccccc4C(F)(F)F)CC3)c12. The first kappa shape index (κ1) is 23.5. The van der Waals surface area contributed by atoms with Crippen LogP contribution in [-0.2, 0) is 6.18 Å². The van der Waals surface area contributed by atoms with Gasteiger partial charge in [-0.25, -0.2) is 4.98 Å². The molecule has 184 valence electrons. The number of nitrogens with zero attached hydrogens (tertiary/aromatic N) is 4. The first-order valence-electron chi connectivity index (χ1n) is 11.3. The smallest absolute Gasteiger partial charge is 0.335 e. The number of aromatic nitrogens is 2. The van der Waals surface area contributed by atoms with E-state index < -0.39 is 23.2 Å². The molecule has 0 atom stereocenters. The second-order valence-electron chi connectivity index (χ2n) is 8.50. The Labute approximate surface area is 204 Å². The third kappa shape index (κ3) is 4.30. The number of carbonyl (C=O) groups excluding carboxylic acids is 2. The van der Waals surface area contributed by atoms with Crippen LogP contribution in [-0.4, -0.2) is 57.9 Å². The minimum Gasteiger partial charge on any atom is -0.335 e. The molecule has 3 heterocycles. The molecule has 1 saturated heterocycles. The zero-order valence-electron chi connectivity index (χ0n) is 19.2. The molecule has 0 N–H and O–H groups in total. The quantitative estimate of drug-likeness (QED) is 0.408. The summed E-state index contributed by atoms with van der Waals surface area (Å²) in [6.07, 6.45) is -4.64. The number of amides is 2. The van der Waals surface area contributed by atoms with E-state index in [-0.39, 0.29) is 37.8 Å². The third-order valence-electron chi connectivity index (χ3n) is 6.23. The maximum atomic E-state index is 13.6. The highest BCUT2D eigenvalue weighted by atomic mass is 19.4. The van der Waals surface area contributed by atoms with E-state index in [1.165, 1.54) is 23.1 Å². The van der Waals surface area contributed by atoms with Gasteiger partial charge in [-0.2, -0.15) is 13.2 Å². The van der Waals surface area contributed by atoms with Gasteiger partial charge in [-0.15, -0.1) is 0 Å². The van der Waals surface area contributed by atoms with Crippen molar-refractivity contribution >= 4 is 22.9 Å². The molecule has 4 aromatic rings. The lowest BCUT2D eigenvalue weighted by molar-refractivity contribution is -0.138. The predicted molar refractivity (Wildman–Crippen MR) is 125 cm³/mol. The molecule has 10 heteroatoms. The van der Waals surface area contributed by atoms with Crippen molar-refractivity contribution in [1.29, 1.82) is 0 Å². The Morgan fingerprint density at radius 3 is 2.08 bits per heavy atom. The first-order chi connectivity index (χ1) is 17.2. The van der Waals surface area contributed by atoms with Crippen molar-refractivity contribution < 1.29 is 27.3 Å². The van der Waals surface area contributed by atoms with E-state index in [2.05, 4.69) is 10.1 Å². The van der Waals surface area contributed by atoms with E-state index in [9.17, 15) is 22.8 Å². The van der Waals surface area contributed by atoms with Crippen LogP contribution < -0.4 is 0 Å². The van der Waals surface area contributed by atoms with E-state index >= 15 is 0 Å². The monoisotopic (exact) mass is 494 g/mol. The summed E-state index contributed by atoms with van der Waals surface area (Å²) in [6.45, 7) is 2.29. The summed E-state index contributed by atoms with van der Waals surface area (Å²) in [4.78, 5) is 33.9. The molecule has 1 fully saturated rings. The number of pyridine rings is 1. The summed E-state index contributed by atoms with van der Waals surface area (Å²) in [5.41, 5.74) is 1.14. The van der Waals surface area contributed by atoms with Crippen LogP contribution in [0.3, 0.4) is 0 Å². The van der Waals surface area contributed by atoms with Gasteiger partial charge in [-0.3, -0.25) is 9.59 Å². The van der Waals surface area contributed by atoms with Crippen molar-refractivity contribution in [3.05, 3.63) is 83.0 Å². The molecule has 0 saturated carbocycles. The number of aryl methyl sites for hydroxylation is 1. The number of alkyl halides is 3. The normalized spacial score (nSPS) is 14.3. The summed E-state index contributed by atoms with van der Waals surface area (Å²) < 4.78 is 45.5. The van der Waals surface area contributed by atoms with Gasteiger partial charge >= 0.3 is 6.18 Å². The van der Waals surface area contributed by atoms with Crippen LogP contribution in [0.15, 0.2) is 65.2 Å². The van der Waals surface area contributed by atoms with Gasteiger partial charge in [0.15, 0.2) is 0 Å². The molecule has 0 bridgehead atoms. The van der Waals surface area contributed by atoms with Crippen LogP contribution in [0, 0.1) is 6.92 Å². The van der Waals surface area contributed by atoms with Gasteiger partial charge < -0.3 is 14.3 Å². The van der Waals surface area contributed by atoms with Crippen molar-refractivity contribution in [2.24, 2.45) is 0 Å². The molecular weight excluding hydrogens is 473 g/mol. The summed E-state index contributed by atoms with van der Waals surface area (Å²) in [6, 6.07) is 15.8. The topological polar surface area (TPSA) is 79.5 Å². The van der Waals surface area contributed by atoms with Gasteiger partial charge in [0.25, 0.3) is 17.5 Å². The fourth-order valence-electron chi connectivity index (χ4n) is 4.39. The molecule has 1 aliphatic rings. The highest BCUT2D eigenvalue weighted by Gasteiger charge is 2.37. The third-order valence-corrected chi connectivity index (χ3v) is 6.23. The van der Waals surface area contributed by atoms with Crippen molar-refractivity contribution in [3.8, 4) is 11.3 Å². The predicted octanol–water partition coefficient (Wildman–Crippen LogP) is 4.82. The van der Waals surface area contributed by atoms with Crippen LogP contribution in [0.25, 0.3) is 22.4 Å². The van der Waals surface area contributed by atoms with Crippen LogP contribution in [0.4, 0.5) is 13.2 Å². The average molecular weight is 494 g/mol. The fourth-order valence-corrected chi connectivity index (χ4v) is 4.39. The Balaban J connectivity index is 1.39. The van der Waals surface area contributed by atoms with E-state index in [1.54, 1.807) is 17.9 Å². The Morgan fingerprint density at radius 2 is 1.44 bits per heavy atom. The minimum atomic E-state index is -4.64. The number of rotatable bonds is 3. The Morgan fingerprint density at radius 1 is 0.861 bits per heavy atom. The lowest BCUT2D eigenvalue weighted by Crippen LogP contribution is -2.50. The standard InChI is InChI=1S/C26H21F3N4O3/c1-16-22-19(15-21(30-23(22)36-31-16)17-7-3-2-4-8-17)25(35)33-13-11-32(12-14-33)24(34)18-9-5-6-10-20(18)26(27,28)29/h2-10,15H,11-14H2,1H3. The molecule has 0 spiro atoms. The van der Waals surface area contributed by atoms with E-state index in [1.807, 2.05) is 30.3 Å². The summed E-state index contributed by atoms with van der Waals surface area (Å²) in [5, 5.41) is 4.47. The summed E-state index contributed by atoms with van der Waals surface area (Å²) in [5.74, 6) is -0.990. The van der Waals surface area contributed by atoms with Gasteiger partial charge in [-0.05, 0) is 25.1 Å². The average Bonchev–Trinajstić information content (AvgIpc) is 3.28. The van der Waals surface area contributed by atoms with E-state index in [0.29, 0.717) is 22.3 Å².